The zero-order valence-electron chi connectivity index (χ0n) is 16.0. The summed E-state index contributed by atoms with van der Waals surface area (Å²) in [6.45, 7) is 9.43. The van der Waals surface area contributed by atoms with Gasteiger partial charge >= 0.3 is 5.97 Å². The van der Waals surface area contributed by atoms with E-state index in [1.807, 2.05) is 13.2 Å². The van der Waals surface area contributed by atoms with Crippen molar-refractivity contribution in [3.8, 4) is 0 Å². The standard InChI is InChI=1S/C17H27N5O3.H2/c1-10-9-22(11(2)23)14(13-12(10)8-19-21(13)7)15(18-6)20-25-16(24)17(3,4)5;/h8,10,14H,9H2,1-7H3,(H,18,20);1H/t10-,14-;/m0./s1. The summed E-state index contributed by atoms with van der Waals surface area (Å²) in [4.78, 5) is 35.4. The minimum atomic E-state index is -0.648. The van der Waals surface area contributed by atoms with E-state index in [0.717, 1.165) is 11.3 Å². The highest BCUT2D eigenvalue weighted by molar-refractivity contribution is 5.92. The third kappa shape index (κ3) is 3.67. The van der Waals surface area contributed by atoms with E-state index in [4.69, 9.17) is 4.84 Å². The van der Waals surface area contributed by atoms with Crippen LogP contribution in [-0.2, 0) is 21.5 Å². The molecule has 1 aromatic heterocycles. The van der Waals surface area contributed by atoms with Crippen LogP contribution in [0.1, 0.15) is 59.3 Å². The van der Waals surface area contributed by atoms with Gasteiger partial charge in [0, 0.05) is 40.5 Å². The number of carbonyl (C=O) groups is 2. The van der Waals surface area contributed by atoms with Crippen molar-refractivity contribution in [1.29, 1.82) is 0 Å². The SMILES string of the molecule is CN=C(NOC(=O)C(C)(C)C)[C@@H]1c2c(cnn2C)[C@@H](C)CN1C(C)=O.[HH]. The Kier molecular flexibility index (Phi) is 5.20. The van der Waals surface area contributed by atoms with E-state index in [9.17, 15) is 9.59 Å². The minimum absolute atomic E-state index is 0. The molecule has 0 saturated carbocycles. The maximum atomic E-state index is 12.2. The topological polar surface area (TPSA) is 88.8 Å². The zero-order valence-corrected chi connectivity index (χ0v) is 16.0. The maximum Gasteiger partial charge on any atom is 0.337 e. The first-order valence-corrected chi connectivity index (χ1v) is 8.30. The Hall–Kier alpha value is -2.38. The van der Waals surface area contributed by atoms with Gasteiger partial charge in [-0.05, 0) is 20.8 Å². The number of aryl methyl sites for hydroxylation is 1. The molecule has 1 aliphatic rings. The van der Waals surface area contributed by atoms with E-state index >= 15 is 0 Å². The third-order valence-corrected chi connectivity index (χ3v) is 4.35. The van der Waals surface area contributed by atoms with E-state index in [-0.39, 0.29) is 13.3 Å². The number of nitrogens with one attached hydrogen (secondary N) is 1. The third-order valence-electron chi connectivity index (χ3n) is 4.35. The number of rotatable bonds is 1. The molecule has 2 rings (SSSR count). The quantitative estimate of drug-likeness (QED) is 0.473. The van der Waals surface area contributed by atoms with Crippen LogP contribution >= 0.6 is 0 Å². The number of hydroxylamine groups is 1. The van der Waals surface area contributed by atoms with Crippen LogP contribution in [0, 0.1) is 5.41 Å². The maximum absolute atomic E-state index is 12.2. The Bertz CT molecular complexity index is 708. The largest absolute Gasteiger partial charge is 0.342 e. The molecule has 25 heavy (non-hydrogen) atoms. The Labute approximate surface area is 149 Å². The molecular formula is C17H29N5O3. The van der Waals surface area contributed by atoms with Crippen LogP contribution < -0.4 is 5.48 Å². The fraction of sp³-hybridized carbons (Fsp3) is 0.647. The van der Waals surface area contributed by atoms with Crippen LogP contribution in [0.25, 0.3) is 0 Å². The van der Waals surface area contributed by atoms with Crippen molar-refractivity contribution in [2.45, 2.75) is 46.6 Å². The van der Waals surface area contributed by atoms with E-state index in [2.05, 4.69) is 22.5 Å². The second kappa shape index (κ2) is 6.85. The minimum Gasteiger partial charge on any atom is -0.342 e. The summed E-state index contributed by atoms with van der Waals surface area (Å²) in [7, 11) is 3.43. The molecule has 140 valence electrons. The lowest BCUT2D eigenvalue weighted by molar-refractivity contribution is -0.157. The number of aromatic nitrogens is 2. The number of aliphatic imine (C=N–C) groups is 1. The van der Waals surface area contributed by atoms with Crippen LogP contribution in [0.15, 0.2) is 11.2 Å². The molecule has 0 saturated heterocycles. The second-order valence-corrected chi connectivity index (χ2v) is 7.43. The zero-order chi connectivity index (χ0) is 18.9. The Morgan fingerprint density at radius 3 is 2.60 bits per heavy atom. The molecule has 0 radical (unpaired) electrons. The Morgan fingerprint density at radius 1 is 1.44 bits per heavy atom. The highest BCUT2D eigenvalue weighted by Crippen LogP contribution is 2.36. The van der Waals surface area contributed by atoms with Crippen molar-refractivity contribution in [3.63, 3.8) is 0 Å². The number of hydrogen-bond acceptors (Lipinski definition) is 5. The molecule has 1 aromatic rings. The van der Waals surface area contributed by atoms with Gasteiger partial charge in [0.25, 0.3) is 0 Å². The van der Waals surface area contributed by atoms with Crippen LogP contribution in [0.2, 0.25) is 0 Å². The van der Waals surface area contributed by atoms with Gasteiger partial charge in [0.2, 0.25) is 5.91 Å². The van der Waals surface area contributed by atoms with Crippen LogP contribution in [0.4, 0.5) is 0 Å². The van der Waals surface area contributed by atoms with Gasteiger partial charge in [0.15, 0.2) is 5.84 Å². The van der Waals surface area contributed by atoms with E-state index in [1.54, 1.807) is 37.4 Å². The molecule has 2 heterocycles. The molecule has 0 fully saturated rings. The lowest BCUT2D eigenvalue weighted by Crippen LogP contribution is -2.48. The lowest BCUT2D eigenvalue weighted by atomic mass is 9.91. The number of amidine groups is 1. The van der Waals surface area contributed by atoms with Crippen molar-refractivity contribution in [2.24, 2.45) is 17.5 Å². The first-order chi connectivity index (χ1) is 11.6. The normalized spacial score (nSPS) is 20.9. The Balaban J connectivity index is 0.00000338. The smallest absolute Gasteiger partial charge is 0.337 e. The average Bonchev–Trinajstić information content (AvgIpc) is 2.90. The van der Waals surface area contributed by atoms with Crippen molar-refractivity contribution in [1.82, 2.24) is 20.2 Å². The monoisotopic (exact) mass is 351 g/mol. The summed E-state index contributed by atoms with van der Waals surface area (Å²) < 4.78 is 1.74. The predicted molar refractivity (Wildman–Crippen MR) is 95.9 cm³/mol. The van der Waals surface area contributed by atoms with E-state index in [1.165, 1.54) is 6.92 Å². The highest BCUT2D eigenvalue weighted by atomic mass is 16.7. The fourth-order valence-corrected chi connectivity index (χ4v) is 2.89. The summed E-state index contributed by atoms with van der Waals surface area (Å²) in [5, 5.41) is 4.33. The van der Waals surface area contributed by atoms with Gasteiger partial charge in [-0.25, -0.2) is 10.3 Å². The molecule has 0 unspecified atom stereocenters. The highest BCUT2D eigenvalue weighted by Gasteiger charge is 2.39. The summed E-state index contributed by atoms with van der Waals surface area (Å²) in [6.07, 6.45) is 1.82. The molecule has 0 spiro atoms. The van der Waals surface area contributed by atoms with Crippen molar-refractivity contribution >= 4 is 17.7 Å². The van der Waals surface area contributed by atoms with Crippen LogP contribution in [0.5, 0.6) is 0 Å². The van der Waals surface area contributed by atoms with Gasteiger partial charge in [-0.3, -0.25) is 14.5 Å². The van der Waals surface area contributed by atoms with Crippen LogP contribution in [-0.4, -0.2) is 46.0 Å². The first kappa shape index (κ1) is 19.0. The number of fused-ring (bicyclic) bond motifs is 1. The summed E-state index contributed by atoms with van der Waals surface area (Å²) in [5.41, 5.74) is 3.95. The molecule has 1 aliphatic heterocycles. The number of amides is 1. The predicted octanol–water partition coefficient (Wildman–Crippen LogP) is 1.79. The van der Waals surface area contributed by atoms with Gasteiger partial charge in [0.1, 0.15) is 6.04 Å². The molecular weight excluding hydrogens is 322 g/mol. The van der Waals surface area contributed by atoms with Crippen molar-refractivity contribution in [2.75, 3.05) is 13.6 Å². The summed E-state index contributed by atoms with van der Waals surface area (Å²) >= 11 is 0. The molecule has 2 atom stereocenters. The van der Waals surface area contributed by atoms with Gasteiger partial charge in [-0.2, -0.15) is 5.10 Å². The average molecular weight is 351 g/mol. The number of hydrogen-bond donors (Lipinski definition) is 1. The summed E-state index contributed by atoms with van der Waals surface area (Å²) in [5.74, 6) is 0.0786. The molecule has 1 amide bonds. The van der Waals surface area contributed by atoms with Gasteiger partial charge < -0.3 is 9.74 Å². The number of carbonyl (C=O) groups excluding carboxylic acids is 2. The van der Waals surface area contributed by atoms with E-state index < -0.39 is 17.4 Å². The fourth-order valence-electron chi connectivity index (χ4n) is 2.89. The molecule has 8 nitrogen and oxygen atoms in total. The molecule has 0 aromatic carbocycles. The number of nitrogens with zero attached hydrogens (tertiary/aromatic N) is 4. The van der Waals surface area contributed by atoms with Crippen molar-refractivity contribution < 1.29 is 15.9 Å². The molecule has 1 N–H and O–H groups in total. The van der Waals surface area contributed by atoms with Crippen molar-refractivity contribution in [3.05, 3.63) is 17.5 Å². The molecule has 8 heteroatoms. The first-order valence-electron chi connectivity index (χ1n) is 8.30. The second-order valence-electron chi connectivity index (χ2n) is 7.43. The lowest BCUT2D eigenvalue weighted by Gasteiger charge is -2.38. The van der Waals surface area contributed by atoms with Gasteiger partial charge in [-0.1, -0.05) is 6.92 Å². The van der Waals surface area contributed by atoms with Gasteiger partial charge in [-0.15, -0.1) is 0 Å². The van der Waals surface area contributed by atoms with Crippen LogP contribution in [0.3, 0.4) is 0 Å². The molecule has 0 bridgehead atoms. The van der Waals surface area contributed by atoms with Gasteiger partial charge in [0.05, 0.1) is 17.3 Å². The summed E-state index contributed by atoms with van der Waals surface area (Å²) in [6, 6.07) is -0.478. The van der Waals surface area contributed by atoms with E-state index in [0.29, 0.717) is 12.4 Å². The molecule has 0 aliphatic carbocycles. The Morgan fingerprint density at radius 2 is 2.08 bits per heavy atom.